The summed E-state index contributed by atoms with van der Waals surface area (Å²) >= 11 is 0. The zero-order valence-electron chi connectivity index (χ0n) is 20.2. The number of rotatable bonds is 9. The van der Waals surface area contributed by atoms with E-state index in [0.717, 1.165) is 12.8 Å². The Kier molecular flexibility index (Phi) is 8.57. The Hall–Kier alpha value is -3.31. The molecule has 2 aromatic rings. The number of ether oxygens (including phenoxy) is 4. The first kappa shape index (κ1) is 26.3. The van der Waals surface area contributed by atoms with E-state index < -0.39 is 21.9 Å². The fourth-order valence-electron chi connectivity index (χ4n) is 3.68. The Morgan fingerprint density at radius 1 is 1.00 bits per heavy atom. The molecular formula is C24H30N2O8S. The summed E-state index contributed by atoms with van der Waals surface area (Å²) in [6, 6.07) is 8.79. The van der Waals surface area contributed by atoms with Crippen LogP contribution in [-0.4, -0.2) is 65.6 Å². The fourth-order valence-corrected chi connectivity index (χ4v) is 5.15. The molecule has 0 spiro atoms. The van der Waals surface area contributed by atoms with Gasteiger partial charge in [0.2, 0.25) is 10.0 Å². The maximum Gasteiger partial charge on any atom is 0.340 e. The van der Waals surface area contributed by atoms with Gasteiger partial charge in [-0.25, -0.2) is 13.2 Å². The molecule has 1 fully saturated rings. The number of piperidine rings is 1. The van der Waals surface area contributed by atoms with Crippen molar-refractivity contribution in [2.45, 2.75) is 24.7 Å². The van der Waals surface area contributed by atoms with Crippen molar-refractivity contribution < 1.29 is 37.0 Å². The molecule has 1 amide bonds. The summed E-state index contributed by atoms with van der Waals surface area (Å²) in [5.41, 5.74) is 0.251. The third-order valence-corrected chi connectivity index (χ3v) is 7.69. The van der Waals surface area contributed by atoms with Crippen molar-refractivity contribution in [2.24, 2.45) is 5.92 Å². The zero-order valence-corrected chi connectivity index (χ0v) is 21.0. The summed E-state index contributed by atoms with van der Waals surface area (Å²) in [6.45, 7) is 2.76. The SMILES string of the molecule is COC(=O)c1cc(OC)c(OC)cc1NC(=O)COc1ccc(S(=O)(=O)N2CCC(C)CC2)cc1. The molecule has 1 aliphatic rings. The third-order valence-electron chi connectivity index (χ3n) is 5.78. The normalized spacial score (nSPS) is 14.7. The van der Waals surface area contributed by atoms with Gasteiger partial charge in [-0.2, -0.15) is 4.31 Å². The van der Waals surface area contributed by atoms with Gasteiger partial charge < -0.3 is 24.3 Å². The lowest BCUT2D eigenvalue weighted by molar-refractivity contribution is -0.118. The lowest BCUT2D eigenvalue weighted by Gasteiger charge is -2.29. The summed E-state index contributed by atoms with van der Waals surface area (Å²) in [4.78, 5) is 24.8. The van der Waals surface area contributed by atoms with Gasteiger partial charge in [0.05, 0.1) is 37.5 Å². The second-order valence-corrected chi connectivity index (χ2v) is 10.1. The summed E-state index contributed by atoms with van der Waals surface area (Å²) < 4.78 is 47.9. The van der Waals surface area contributed by atoms with Gasteiger partial charge >= 0.3 is 5.97 Å². The molecule has 3 rings (SSSR count). The molecule has 1 heterocycles. The van der Waals surface area contributed by atoms with E-state index in [4.69, 9.17) is 18.9 Å². The number of amides is 1. The van der Waals surface area contributed by atoms with Crippen LogP contribution in [0.2, 0.25) is 0 Å². The first-order chi connectivity index (χ1) is 16.7. The summed E-state index contributed by atoms with van der Waals surface area (Å²) in [7, 11) is 0.512. The minimum atomic E-state index is -3.57. The molecule has 190 valence electrons. The highest BCUT2D eigenvalue weighted by atomic mass is 32.2. The van der Waals surface area contributed by atoms with E-state index in [9.17, 15) is 18.0 Å². The molecular weight excluding hydrogens is 476 g/mol. The van der Waals surface area contributed by atoms with Gasteiger partial charge in [0.25, 0.3) is 5.91 Å². The predicted molar refractivity (Wildman–Crippen MR) is 129 cm³/mol. The number of hydrogen-bond acceptors (Lipinski definition) is 8. The second-order valence-electron chi connectivity index (χ2n) is 8.14. The maximum atomic E-state index is 12.8. The highest BCUT2D eigenvalue weighted by molar-refractivity contribution is 7.89. The number of anilines is 1. The van der Waals surface area contributed by atoms with Crippen LogP contribution in [0.3, 0.4) is 0 Å². The number of methoxy groups -OCH3 is 3. The van der Waals surface area contributed by atoms with Crippen molar-refractivity contribution in [2.75, 3.05) is 46.3 Å². The number of sulfonamides is 1. The number of carbonyl (C=O) groups is 2. The minimum absolute atomic E-state index is 0.0835. The van der Waals surface area contributed by atoms with Crippen molar-refractivity contribution in [3.05, 3.63) is 42.0 Å². The molecule has 10 nitrogen and oxygen atoms in total. The molecule has 1 aliphatic heterocycles. The summed E-state index contributed by atoms with van der Waals surface area (Å²) in [5.74, 6) is 0.258. The van der Waals surface area contributed by atoms with Crippen molar-refractivity contribution in [1.82, 2.24) is 4.31 Å². The Morgan fingerprint density at radius 3 is 2.17 bits per heavy atom. The number of nitrogens with zero attached hydrogens (tertiary/aromatic N) is 1. The average molecular weight is 507 g/mol. The number of nitrogens with one attached hydrogen (secondary N) is 1. The van der Waals surface area contributed by atoms with Crippen molar-refractivity contribution in [3.63, 3.8) is 0 Å². The van der Waals surface area contributed by atoms with Crippen LogP contribution in [0.1, 0.15) is 30.1 Å². The molecule has 0 bridgehead atoms. The number of esters is 1. The van der Waals surface area contributed by atoms with Gasteiger partial charge in [-0.1, -0.05) is 6.92 Å². The monoisotopic (exact) mass is 506 g/mol. The molecule has 11 heteroatoms. The molecule has 1 saturated heterocycles. The maximum absolute atomic E-state index is 12.8. The summed E-state index contributed by atoms with van der Waals surface area (Å²) in [5, 5.41) is 2.60. The van der Waals surface area contributed by atoms with Crippen LogP contribution in [0, 0.1) is 5.92 Å². The van der Waals surface area contributed by atoms with Gasteiger partial charge in [-0.3, -0.25) is 4.79 Å². The molecule has 2 aromatic carbocycles. The van der Waals surface area contributed by atoms with E-state index in [0.29, 0.717) is 36.3 Å². The average Bonchev–Trinajstić information content (AvgIpc) is 2.87. The van der Waals surface area contributed by atoms with E-state index >= 15 is 0 Å². The van der Waals surface area contributed by atoms with Crippen LogP contribution in [0.4, 0.5) is 5.69 Å². The molecule has 35 heavy (non-hydrogen) atoms. The second kappa shape index (κ2) is 11.4. The quantitative estimate of drug-likeness (QED) is 0.516. The lowest BCUT2D eigenvalue weighted by Crippen LogP contribution is -2.37. The molecule has 0 radical (unpaired) electrons. The van der Waals surface area contributed by atoms with E-state index in [1.165, 1.54) is 62.0 Å². The standard InChI is InChI=1S/C24H30N2O8S/c1-16-9-11-26(12-10-16)35(29,30)18-7-5-17(6-8-18)34-15-23(27)25-20-14-22(32-3)21(31-2)13-19(20)24(28)33-4/h5-8,13-14,16H,9-12,15H2,1-4H3,(H,25,27). The van der Waals surface area contributed by atoms with Crippen LogP contribution in [0.15, 0.2) is 41.3 Å². The molecule has 0 aliphatic carbocycles. The molecule has 0 aromatic heterocycles. The van der Waals surface area contributed by atoms with Crippen LogP contribution >= 0.6 is 0 Å². The van der Waals surface area contributed by atoms with Crippen LogP contribution < -0.4 is 19.5 Å². The highest BCUT2D eigenvalue weighted by Gasteiger charge is 2.28. The summed E-state index contributed by atoms with van der Waals surface area (Å²) in [6.07, 6.45) is 1.68. The first-order valence-corrected chi connectivity index (χ1v) is 12.5. The highest BCUT2D eigenvalue weighted by Crippen LogP contribution is 2.34. The number of benzene rings is 2. The Bertz CT molecular complexity index is 1160. The molecule has 0 saturated carbocycles. The van der Waals surface area contributed by atoms with Crippen LogP contribution in [-0.2, 0) is 19.6 Å². The molecule has 0 atom stereocenters. The van der Waals surface area contributed by atoms with Gasteiger partial charge in [0.15, 0.2) is 18.1 Å². The topological polar surface area (TPSA) is 120 Å². The lowest BCUT2D eigenvalue weighted by atomic mass is 10.0. The van der Waals surface area contributed by atoms with Crippen molar-refractivity contribution >= 4 is 27.6 Å². The third kappa shape index (κ3) is 6.23. The van der Waals surface area contributed by atoms with E-state index in [1.54, 1.807) is 0 Å². The van der Waals surface area contributed by atoms with E-state index in [2.05, 4.69) is 12.2 Å². The Balaban J connectivity index is 1.66. The largest absolute Gasteiger partial charge is 0.493 e. The fraction of sp³-hybridized carbons (Fsp3) is 0.417. The van der Waals surface area contributed by atoms with Gasteiger partial charge in [0, 0.05) is 25.2 Å². The van der Waals surface area contributed by atoms with E-state index in [-0.39, 0.29) is 22.8 Å². The minimum Gasteiger partial charge on any atom is -0.493 e. The zero-order chi connectivity index (χ0) is 25.6. The van der Waals surface area contributed by atoms with Gasteiger partial charge in [-0.15, -0.1) is 0 Å². The van der Waals surface area contributed by atoms with Crippen molar-refractivity contribution in [1.29, 1.82) is 0 Å². The number of carbonyl (C=O) groups excluding carboxylic acids is 2. The Morgan fingerprint density at radius 2 is 1.60 bits per heavy atom. The Labute approximate surface area is 205 Å². The van der Waals surface area contributed by atoms with E-state index in [1.807, 2.05) is 0 Å². The first-order valence-electron chi connectivity index (χ1n) is 11.1. The number of hydrogen-bond donors (Lipinski definition) is 1. The smallest absolute Gasteiger partial charge is 0.340 e. The predicted octanol–water partition coefficient (Wildman–Crippen LogP) is 2.93. The van der Waals surface area contributed by atoms with Crippen LogP contribution in [0.25, 0.3) is 0 Å². The molecule has 1 N–H and O–H groups in total. The van der Waals surface area contributed by atoms with Gasteiger partial charge in [-0.05, 0) is 43.0 Å². The molecule has 0 unspecified atom stereocenters. The van der Waals surface area contributed by atoms with Crippen molar-refractivity contribution in [3.8, 4) is 17.2 Å². The van der Waals surface area contributed by atoms with Crippen LogP contribution in [0.5, 0.6) is 17.2 Å². The van der Waals surface area contributed by atoms with Gasteiger partial charge in [0.1, 0.15) is 5.75 Å².